The Morgan fingerprint density at radius 3 is 2.25 bits per heavy atom. The van der Waals surface area contributed by atoms with E-state index in [1.165, 1.54) is 57.8 Å². The number of rotatable bonds is 11. The normalized spacial score (nSPS) is 23.6. The van der Waals surface area contributed by atoms with Crippen molar-refractivity contribution in [1.29, 1.82) is 0 Å². The lowest BCUT2D eigenvalue weighted by atomic mass is 10.0. The molecule has 1 aliphatic heterocycles. The van der Waals surface area contributed by atoms with Crippen LogP contribution in [0.15, 0.2) is 0 Å². The lowest BCUT2D eigenvalue weighted by Gasteiger charge is -2.15. The van der Waals surface area contributed by atoms with Gasteiger partial charge in [0.05, 0.1) is 0 Å². The summed E-state index contributed by atoms with van der Waals surface area (Å²) in [6.07, 6.45) is 14.4. The zero-order valence-electron chi connectivity index (χ0n) is 13.4. The number of hydrogen-bond acceptors (Lipinski definition) is 3. The second-order valence-electron chi connectivity index (χ2n) is 6.20. The maximum atomic E-state index is 6.41. The van der Waals surface area contributed by atoms with Gasteiger partial charge < -0.3 is 17.2 Å². The smallest absolute Gasteiger partial charge is 0.0350 e. The molecule has 1 aliphatic rings. The van der Waals surface area contributed by atoms with Crippen LogP contribution in [0.5, 0.6) is 0 Å². The van der Waals surface area contributed by atoms with E-state index in [1.54, 1.807) is 0 Å². The highest BCUT2D eigenvalue weighted by atomic mass is 35.5. The number of hydrogen-bond donors (Lipinski definition) is 3. The van der Waals surface area contributed by atoms with Crippen LogP contribution >= 0.6 is 11.6 Å². The Morgan fingerprint density at radius 1 is 1.10 bits per heavy atom. The van der Waals surface area contributed by atoms with Gasteiger partial charge in [-0.05, 0) is 19.3 Å². The van der Waals surface area contributed by atoms with Gasteiger partial charge in [-0.25, -0.2) is 0 Å². The van der Waals surface area contributed by atoms with Gasteiger partial charge in [-0.2, -0.15) is 0 Å². The first-order valence-electron chi connectivity index (χ1n) is 8.35. The third-order valence-corrected chi connectivity index (χ3v) is 4.56. The first-order chi connectivity index (χ1) is 9.22. The van der Waals surface area contributed by atoms with Crippen molar-refractivity contribution >= 4 is 11.6 Å². The first kappa shape index (κ1) is 20.2. The van der Waals surface area contributed by atoms with Crippen molar-refractivity contribution in [2.45, 2.75) is 95.0 Å². The minimum Gasteiger partial charge on any atom is -0.344 e. The van der Waals surface area contributed by atoms with E-state index in [4.69, 9.17) is 17.3 Å². The topological polar surface area (TPSA) is 73.0 Å². The van der Waals surface area contributed by atoms with Crippen LogP contribution in [0, 0.1) is 0 Å². The highest BCUT2D eigenvalue weighted by Crippen LogP contribution is 2.19. The molecular weight excluding hydrogens is 270 g/mol. The molecule has 0 aromatic heterocycles. The Morgan fingerprint density at radius 2 is 1.70 bits per heavy atom. The average molecular weight is 306 g/mol. The number of unbranched alkanes of at least 4 members (excludes halogenated alkanes) is 7. The summed E-state index contributed by atoms with van der Waals surface area (Å²) in [6, 6.07) is 0.906. The minimum absolute atomic E-state index is 0. The van der Waals surface area contributed by atoms with Crippen molar-refractivity contribution in [3.63, 3.8) is 0 Å². The molecule has 1 saturated heterocycles. The fraction of sp³-hybridized carbons (Fsp3) is 1.00. The van der Waals surface area contributed by atoms with Gasteiger partial charge in [0.1, 0.15) is 0 Å². The van der Waals surface area contributed by atoms with Crippen molar-refractivity contribution in [3.05, 3.63) is 0 Å². The van der Waals surface area contributed by atoms with Crippen LogP contribution in [0.3, 0.4) is 0 Å². The molecule has 3 atom stereocenters. The predicted octanol–water partition coefficient (Wildman–Crippen LogP) is 4.37. The molecule has 3 unspecified atom stereocenters. The molecule has 20 heavy (non-hydrogen) atoms. The fourth-order valence-corrected chi connectivity index (χ4v) is 3.33. The van der Waals surface area contributed by atoms with Crippen molar-refractivity contribution in [2.24, 2.45) is 5.73 Å². The highest BCUT2D eigenvalue weighted by Gasteiger charge is 2.22. The quantitative estimate of drug-likeness (QED) is 0.392. The van der Waals surface area contributed by atoms with E-state index < -0.39 is 0 Å². The first-order valence-corrected chi connectivity index (χ1v) is 8.79. The summed E-state index contributed by atoms with van der Waals surface area (Å²) >= 11 is 6.41. The van der Waals surface area contributed by atoms with Gasteiger partial charge in [-0.3, -0.25) is 0 Å². The maximum Gasteiger partial charge on any atom is 0.0350 e. The van der Waals surface area contributed by atoms with E-state index in [-0.39, 0.29) is 6.15 Å². The summed E-state index contributed by atoms with van der Waals surface area (Å²) in [7, 11) is 0. The Kier molecular flexibility index (Phi) is 13.0. The average Bonchev–Trinajstić information content (AvgIpc) is 2.78. The molecule has 0 amide bonds. The van der Waals surface area contributed by atoms with Crippen molar-refractivity contribution in [3.8, 4) is 0 Å². The van der Waals surface area contributed by atoms with E-state index in [0.29, 0.717) is 17.5 Å². The van der Waals surface area contributed by atoms with Gasteiger partial charge in [0.15, 0.2) is 0 Å². The second kappa shape index (κ2) is 12.9. The van der Waals surface area contributed by atoms with Crippen molar-refractivity contribution < 1.29 is 0 Å². The SMILES string of the molecule is CCCCCCCCCCC(Cl)CC1CC(N)CN1.N. The number of halogens is 1. The third kappa shape index (κ3) is 9.98. The van der Waals surface area contributed by atoms with E-state index in [0.717, 1.165) is 19.4 Å². The molecule has 3 nitrogen and oxygen atoms in total. The number of nitrogens with two attached hydrogens (primary N) is 1. The van der Waals surface area contributed by atoms with Crippen molar-refractivity contribution in [2.75, 3.05) is 6.54 Å². The van der Waals surface area contributed by atoms with Crippen molar-refractivity contribution in [1.82, 2.24) is 11.5 Å². The van der Waals surface area contributed by atoms with Crippen LogP contribution in [0.2, 0.25) is 0 Å². The van der Waals surface area contributed by atoms with Gasteiger partial charge in [-0.1, -0.05) is 58.3 Å². The Bertz CT molecular complexity index is 214. The van der Waals surface area contributed by atoms with E-state index >= 15 is 0 Å². The third-order valence-electron chi connectivity index (χ3n) is 4.17. The summed E-state index contributed by atoms with van der Waals surface area (Å²) in [5.41, 5.74) is 5.88. The Balaban J connectivity index is 0.00000361. The molecule has 1 fully saturated rings. The summed E-state index contributed by atoms with van der Waals surface area (Å²) in [6.45, 7) is 3.23. The molecule has 1 rings (SSSR count). The van der Waals surface area contributed by atoms with Crippen LogP contribution in [-0.4, -0.2) is 24.0 Å². The van der Waals surface area contributed by atoms with Crippen LogP contribution in [0.1, 0.15) is 77.6 Å². The molecule has 0 radical (unpaired) electrons. The van der Waals surface area contributed by atoms with Gasteiger partial charge in [-0.15, -0.1) is 11.6 Å². The van der Waals surface area contributed by atoms with E-state index in [9.17, 15) is 0 Å². The molecule has 4 heteroatoms. The number of alkyl halides is 1. The van der Waals surface area contributed by atoms with Crippen LogP contribution in [0.4, 0.5) is 0 Å². The van der Waals surface area contributed by atoms with Gasteiger partial charge in [0.25, 0.3) is 0 Å². The van der Waals surface area contributed by atoms with E-state index in [2.05, 4.69) is 12.2 Å². The summed E-state index contributed by atoms with van der Waals surface area (Å²) < 4.78 is 0. The highest BCUT2D eigenvalue weighted by molar-refractivity contribution is 6.20. The molecule has 0 aliphatic carbocycles. The standard InChI is InChI=1S/C16H33ClN2.H3N/c1-2-3-4-5-6-7-8-9-10-14(17)11-16-12-15(18)13-19-16;/h14-16,19H,2-13,18H2,1H3;1H3. The second-order valence-corrected chi connectivity index (χ2v) is 6.81. The summed E-state index contributed by atoms with van der Waals surface area (Å²) in [5, 5.41) is 3.79. The van der Waals surface area contributed by atoms with Crippen LogP contribution in [-0.2, 0) is 0 Å². The molecule has 0 saturated carbocycles. The molecule has 0 bridgehead atoms. The molecule has 1 heterocycles. The minimum atomic E-state index is 0. The van der Waals surface area contributed by atoms with Gasteiger partial charge in [0, 0.05) is 24.0 Å². The molecular formula is C16H36ClN3. The zero-order chi connectivity index (χ0) is 13.9. The zero-order valence-corrected chi connectivity index (χ0v) is 14.1. The number of nitrogens with one attached hydrogen (secondary N) is 1. The lowest BCUT2D eigenvalue weighted by Crippen LogP contribution is -2.25. The maximum absolute atomic E-state index is 6.41. The molecule has 0 spiro atoms. The fourth-order valence-electron chi connectivity index (χ4n) is 2.96. The van der Waals surface area contributed by atoms with E-state index in [1.807, 2.05) is 0 Å². The summed E-state index contributed by atoms with van der Waals surface area (Å²) in [5.74, 6) is 0. The predicted molar refractivity (Wildman–Crippen MR) is 90.9 cm³/mol. The Labute approximate surface area is 131 Å². The monoisotopic (exact) mass is 305 g/mol. The van der Waals surface area contributed by atoms with Gasteiger partial charge in [0.2, 0.25) is 0 Å². The summed E-state index contributed by atoms with van der Waals surface area (Å²) in [4.78, 5) is 0. The molecule has 122 valence electrons. The molecule has 0 aromatic rings. The molecule has 6 N–H and O–H groups in total. The molecule has 0 aromatic carbocycles. The van der Waals surface area contributed by atoms with Crippen LogP contribution < -0.4 is 17.2 Å². The lowest BCUT2D eigenvalue weighted by molar-refractivity contribution is 0.501. The van der Waals surface area contributed by atoms with Crippen LogP contribution in [0.25, 0.3) is 0 Å². The Hall–Kier alpha value is 0.170. The van der Waals surface area contributed by atoms with Gasteiger partial charge >= 0.3 is 0 Å². The largest absolute Gasteiger partial charge is 0.344 e.